The highest BCUT2D eigenvalue weighted by molar-refractivity contribution is 7.87. The van der Waals surface area contributed by atoms with Crippen molar-refractivity contribution in [2.45, 2.75) is 4.90 Å². The van der Waals surface area contributed by atoms with E-state index in [4.69, 9.17) is 8.92 Å². The quantitative estimate of drug-likeness (QED) is 0.690. The van der Waals surface area contributed by atoms with Crippen LogP contribution in [0.5, 0.6) is 11.5 Å². The molecule has 0 fully saturated rings. The second-order valence-electron chi connectivity index (χ2n) is 4.69. The molecule has 5 heteroatoms. The number of ether oxygens (including phenoxy) is 1. The van der Waals surface area contributed by atoms with Crippen molar-refractivity contribution in [2.75, 3.05) is 7.11 Å². The van der Waals surface area contributed by atoms with Crippen LogP contribution in [0.2, 0.25) is 0 Å². The fourth-order valence-electron chi connectivity index (χ4n) is 2.18. The van der Waals surface area contributed by atoms with Gasteiger partial charge in [-0.25, -0.2) is 0 Å². The Morgan fingerprint density at radius 1 is 0.818 bits per heavy atom. The molecule has 4 nitrogen and oxygen atoms in total. The monoisotopic (exact) mass is 314 g/mol. The SMILES string of the molecule is COc1ccc(S(=O)(=O)Oc2cccc3ccccc23)cc1. The first-order chi connectivity index (χ1) is 10.6. The van der Waals surface area contributed by atoms with Gasteiger partial charge in [0.1, 0.15) is 10.6 Å². The Hall–Kier alpha value is -2.53. The number of rotatable bonds is 4. The van der Waals surface area contributed by atoms with Crippen LogP contribution in [0.15, 0.2) is 71.6 Å². The van der Waals surface area contributed by atoms with Crippen LogP contribution in [-0.2, 0) is 10.1 Å². The highest BCUT2D eigenvalue weighted by atomic mass is 32.2. The third-order valence-electron chi connectivity index (χ3n) is 3.30. The third kappa shape index (κ3) is 2.76. The Morgan fingerprint density at radius 3 is 2.23 bits per heavy atom. The Balaban J connectivity index is 1.99. The van der Waals surface area contributed by atoms with Crippen LogP contribution in [0.1, 0.15) is 0 Å². The molecule has 0 bridgehead atoms. The third-order valence-corrected chi connectivity index (χ3v) is 4.55. The predicted octanol–water partition coefficient (Wildman–Crippen LogP) is 3.62. The summed E-state index contributed by atoms with van der Waals surface area (Å²) < 4.78 is 35.1. The molecule has 3 aromatic rings. The fourth-order valence-corrected chi connectivity index (χ4v) is 3.12. The molecule has 0 aromatic heterocycles. The summed E-state index contributed by atoms with van der Waals surface area (Å²) in [5.74, 6) is 0.901. The topological polar surface area (TPSA) is 52.6 Å². The zero-order valence-electron chi connectivity index (χ0n) is 11.9. The van der Waals surface area contributed by atoms with E-state index in [1.165, 1.54) is 19.2 Å². The van der Waals surface area contributed by atoms with Crippen molar-refractivity contribution in [1.82, 2.24) is 0 Å². The average molecular weight is 314 g/mol. The van der Waals surface area contributed by atoms with Gasteiger partial charge in [0.05, 0.1) is 7.11 Å². The van der Waals surface area contributed by atoms with Gasteiger partial charge in [0, 0.05) is 5.39 Å². The Kier molecular flexibility index (Phi) is 3.73. The van der Waals surface area contributed by atoms with E-state index in [2.05, 4.69) is 0 Å². The number of methoxy groups -OCH3 is 1. The zero-order valence-corrected chi connectivity index (χ0v) is 12.7. The van der Waals surface area contributed by atoms with Crippen LogP contribution in [0, 0.1) is 0 Å². The van der Waals surface area contributed by atoms with Gasteiger partial charge in [-0.3, -0.25) is 0 Å². The standard InChI is InChI=1S/C17H14O4S/c1-20-14-9-11-15(12-10-14)22(18,19)21-17-8-4-6-13-5-2-3-7-16(13)17/h2-12H,1H3. The molecule has 0 unspecified atom stereocenters. The summed E-state index contributed by atoms with van der Waals surface area (Å²) in [6, 6.07) is 18.9. The lowest BCUT2D eigenvalue weighted by atomic mass is 10.1. The van der Waals surface area contributed by atoms with Crippen LogP contribution < -0.4 is 8.92 Å². The molecule has 0 aliphatic heterocycles. The summed E-state index contributed by atoms with van der Waals surface area (Å²) in [6.45, 7) is 0. The van der Waals surface area contributed by atoms with E-state index in [1.54, 1.807) is 24.3 Å². The molecule has 0 aliphatic rings. The predicted molar refractivity (Wildman–Crippen MR) is 84.8 cm³/mol. The summed E-state index contributed by atoms with van der Waals surface area (Å²) in [6.07, 6.45) is 0. The van der Waals surface area contributed by atoms with Crippen molar-refractivity contribution in [2.24, 2.45) is 0 Å². The van der Waals surface area contributed by atoms with Crippen molar-refractivity contribution in [3.63, 3.8) is 0 Å². The number of benzene rings is 3. The lowest BCUT2D eigenvalue weighted by Gasteiger charge is -2.10. The number of hydrogen-bond donors (Lipinski definition) is 0. The highest BCUT2D eigenvalue weighted by Crippen LogP contribution is 2.28. The molecule has 112 valence electrons. The van der Waals surface area contributed by atoms with Crippen LogP contribution in [0.3, 0.4) is 0 Å². The van der Waals surface area contributed by atoms with Crippen molar-refractivity contribution < 1.29 is 17.3 Å². The lowest BCUT2D eigenvalue weighted by molar-refractivity contribution is 0.414. The molecule has 22 heavy (non-hydrogen) atoms. The summed E-state index contributed by atoms with van der Waals surface area (Å²) >= 11 is 0. The van der Waals surface area contributed by atoms with E-state index in [-0.39, 0.29) is 4.90 Å². The molecule has 0 atom stereocenters. The van der Waals surface area contributed by atoms with Gasteiger partial charge in [0.15, 0.2) is 5.75 Å². The minimum atomic E-state index is -3.89. The molecule has 0 amide bonds. The molecule has 3 rings (SSSR count). The Bertz CT molecular complexity index is 894. The Morgan fingerprint density at radius 2 is 1.50 bits per heavy atom. The van der Waals surface area contributed by atoms with Gasteiger partial charge < -0.3 is 8.92 Å². The molecule has 0 heterocycles. The first-order valence-corrected chi connectivity index (χ1v) is 8.07. The molecule has 0 aliphatic carbocycles. The van der Waals surface area contributed by atoms with Gasteiger partial charge in [-0.2, -0.15) is 8.42 Å². The van der Waals surface area contributed by atoms with Gasteiger partial charge >= 0.3 is 10.1 Å². The maximum absolute atomic E-state index is 12.4. The van der Waals surface area contributed by atoms with E-state index in [9.17, 15) is 8.42 Å². The second kappa shape index (κ2) is 5.69. The van der Waals surface area contributed by atoms with Gasteiger partial charge in [0.25, 0.3) is 0 Å². The van der Waals surface area contributed by atoms with E-state index in [0.29, 0.717) is 11.5 Å². The normalized spacial score (nSPS) is 11.3. The molecule has 0 saturated heterocycles. The fraction of sp³-hybridized carbons (Fsp3) is 0.0588. The van der Waals surface area contributed by atoms with Crippen molar-refractivity contribution >= 4 is 20.9 Å². The smallest absolute Gasteiger partial charge is 0.339 e. The van der Waals surface area contributed by atoms with Crippen LogP contribution >= 0.6 is 0 Å². The van der Waals surface area contributed by atoms with Crippen molar-refractivity contribution in [3.05, 3.63) is 66.7 Å². The second-order valence-corrected chi connectivity index (χ2v) is 6.24. The summed E-state index contributed by atoms with van der Waals surface area (Å²) in [5.41, 5.74) is 0. The van der Waals surface area contributed by atoms with Gasteiger partial charge in [-0.15, -0.1) is 0 Å². The van der Waals surface area contributed by atoms with Gasteiger partial charge in [-0.05, 0) is 35.7 Å². The minimum absolute atomic E-state index is 0.0845. The van der Waals surface area contributed by atoms with E-state index < -0.39 is 10.1 Å². The summed E-state index contributed by atoms with van der Waals surface area (Å²) in [4.78, 5) is 0.0845. The van der Waals surface area contributed by atoms with Crippen LogP contribution in [-0.4, -0.2) is 15.5 Å². The molecular weight excluding hydrogens is 300 g/mol. The number of fused-ring (bicyclic) bond motifs is 1. The van der Waals surface area contributed by atoms with Crippen molar-refractivity contribution in [3.8, 4) is 11.5 Å². The van der Waals surface area contributed by atoms with Crippen LogP contribution in [0.25, 0.3) is 10.8 Å². The lowest BCUT2D eigenvalue weighted by Crippen LogP contribution is -2.09. The summed E-state index contributed by atoms with van der Waals surface area (Å²) in [5, 5.41) is 1.67. The summed E-state index contributed by atoms with van der Waals surface area (Å²) in [7, 11) is -2.36. The largest absolute Gasteiger partial charge is 0.497 e. The molecule has 3 aromatic carbocycles. The minimum Gasteiger partial charge on any atom is -0.497 e. The number of hydrogen-bond acceptors (Lipinski definition) is 4. The highest BCUT2D eigenvalue weighted by Gasteiger charge is 2.17. The first-order valence-electron chi connectivity index (χ1n) is 6.66. The zero-order chi connectivity index (χ0) is 15.6. The average Bonchev–Trinajstić information content (AvgIpc) is 2.55. The maximum atomic E-state index is 12.4. The van der Waals surface area contributed by atoms with Gasteiger partial charge in [0.2, 0.25) is 0 Å². The van der Waals surface area contributed by atoms with E-state index in [1.807, 2.05) is 30.3 Å². The molecule has 0 saturated carbocycles. The molecule has 0 N–H and O–H groups in total. The molecular formula is C17H14O4S. The molecule has 0 spiro atoms. The first kappa shape index (κ1) is 14.4. The molecule has 0 radical (unpaired) electrons. The van der Waals surface area contributed by atoms with E-state index in [0.717, 1.165) is 10.8 Å². The van der Waals surface area contributed by atoms with E-state index >= 15 is 0 Å². The van der Waals surface area contributed by atoms with Gasteiger partial charge in [-0.1, -0.05) is 36.4 Å². The Labute approximate surface area is 129 Å². The van der Waals surface area contributed by atoms with Crippen molar-refractivity contribution in [1.29, 1.82) is 0 Å². The van der Waals surface area contributed by atoms with Crippen LogP contribution in [0.4, 0.5) is 0 Å². The maximum Gasteiger partial charge on any atom is 0.339 e.